The molecule has 0 aliphatic heterocycles. The molecular weight excluding hydrogens is 144 g/mol. The molecule has 1 aromatic rings. The van der Waals surface area contributed by atoms with E-state index in [1.54, 1.807) is 19.5 Å². The van der Waals surface area contributed by atoms with Crippen LogP contribution in [0.1, 0.15) is 11.9 Å². The van der Waals surface area contributed by atoms with E-state index in [1.165, 1.54) is 0 Å². The number of aromatic amines is 1. The number of imidazole rings is 1. The number of H-pyrrole nitrogens is 1. The minimum absolute atomic E-state index is 0.0602. The number of nitrogens with one attached hydrogen (secondary N) is 2. The summed E-state index contributed by atoms with van der Waals surface area (Å²) in [5.74, 6) is 6.05. The van der Waals surface area contributed by atoms with Gasteiger partial charge in [-0.3, -0.25) is 5.84 Å². The van der Waals surface area contributed by atoms with Crippen molar-refractivity contribution in [3.8, 4) is 0 Å². The van der Waals surface area contributed by atoms with Crippen molar-refractivity contribution in [2.75, 3.05) is 13.7 Å². The zero-order chi connectivity index (χ0) is 8.10. The van der Waals surface area contributed by atoms with Crippen molar-refractivity contribution in [3.05, 3.63) is 18.2 Å². The van der Waals surface area contributed by atoms with Crippen LogP contribution in [0.3, 0.4) is 0 Å². The molecule has 1 heterocycles. The minimum Gasteiger partial charge on any atom is -0.383 e. The molecule has 1 aromatic heterocycles. The van der Waals surface area contributed by atoms with Gasteiger partial charge < -0.3 is 9.72 Å². The zero-order valence-electron chi connectivity index (χ0n) is 6.37. The highest BCUT2D eigenvalue weighted by Crippen LogP contribution is 2.04. The third kappa shape index (κ3) is 2.01. The number of rotatable bonds is 4. The van der Waals surface area contributed by atoms with E-state index >= 15 is 0 Å². The largest absolute Gasteiger partial charge is 0.383 e. The Balaban J connectivity index is 2.56. The third-order valence-corrected chi connectivity index (χ3v) is 1.38. The van der Waals surface area contributed by atoms with Crippen LogP contribution < -0.4 is 11.3 Å². The van der Waals surface area contributed by atoms with Crippen molar-refractivity contribution in [2.45, 2.75) is 6.04 Å². The summed E-state index contributed by atoms with van der Waals surface area (Å²) in [4.78, 5) is 6.97. The van der Waals surface area contributed by atoms with Crippen LogP contribution in [0.4, 0.5) is 0 Å². The van der Waals surface area contributed by atoms with E-state index in [4.69, 9.17) is 10.6 Å². The normalized spacial score (nSPS) is 13.3. The monoisotopic (exact) mass is 156 g/mol. The molecule has 1 rings (SSSR count). The Hall–Kier alpha value is -0.910. The maximum absolute atomic E-state index is 5.26. The first-order chi connectivity index (χ1) is 5.38. The van der Waals surface area contributed by atoms with Gasteiger partial charge in [0.25, 0.3) is 0 Å². The maximum Gasteiger partial charge on any atom is 0.126 e. The van der Waals surface area contributed by atoms with Crippen molar-refractivity contribution >= 4 is 0 Å². The average molecular weight is 156 g/mol. The van der Waals surface area contributed by atoms with Gasteiger partial charge in [0.1, 0.15) is 11.9 Å². The SMILES string of the molecule is COCC(NN)c1ncc[nH]1. The first kappa shape index (κ1) is 8.19. The molecule has 1 unspecified atom stereocenters. The number of aromatic nitrogens is 2. The predicted octanol–water partition coefficient (Wildman–Crippen LogP) is -0.439. The van der Waals surface area contributed by atoms with Gasteiger partial charge in [-0.05, 0) is 0 Å². The van der Waals surface area contributed by atoms with E-state index in [2.05, 4.69) is 15.4 Å². The minimum atomic E-state index is -0.0602. The Kier molecular flexibility index (Phi) is 3.03. The van der Waals surface area contributed by atoms with Crippen LogP contribution in [0.5, 0.6) is 0 Å². The highest BCUT2D eigenvalue weighted by molar-refractivity contribution is 4.94. The lowest BCUT2D eigenvalue weighted by Gasteiger charge is -2.10. The van der Waals surface area contributed by atoms with Crippen molar-refractivity contribution in [2.24, 2.45) is 5.84 Å². The molecule has 5 heteroatoms. The van der Waals surface area contributed by atoms with Gasteiger partial charge in [-0.1, -0.05) is 0 Å². The van der Waals surface area contributed by atoms with E-state index in [-0.39, 0.29) is 6.04 Å². The Morgan fingerprint density at radius 2 is 2.73 bits per heavy atom. The Morgan fingerprint density at radius 3 is 3.18 bits per heavy atom. The Labute approximate surface area is 64.9 Å². The number of hydrazine groups is 1. The molecule has 4 N–H and O–H groups in total. The molecule has 0 saturated heterocycles. The number of nitrogens with zero attached hydrogens (tertiary/aromatic N) is 1. The molecule has 0 aliphatic carbocycles. The van der Waals surface area contributed by atoms with Crippen LogP contribution in [-0.4, -0.2) is 23.7 Å². The number of hydrogen-bond donors (Lipinski definition) is 3. The van der Waals surface area contributed by atoms with Gasteiger partial charge in [0.05, 0.1) is 6.61 Å². The molecule has 0 fully saturated rings. The van der Waals surface area contributed by atoms with Crippen LogP contribution in [0.25, 0.3) is 0 Å². The number of hydrogen-bond acceptors (Lipinski definition) is 4. The van der Waals surface area contributed by atoms with Gasteiger partial charge >= 0.3 is 0 Å². The fourth-order valence-corrected chi connectivity index (χ4v) is 0.841. The van der Waals surface area contributed by atoms with E-state index < -0.39 is 0 Å². The summed E-state index contributed by atoms with van der Waals surface area (Å²) in [5.41, 5.74) is 2.59. The first-order valence-electron chi connectivity index (χ1n) is 3.33. The van der Waals surface area contributed by atoms with Gasteiger partial charge in [-0.25, -0.2) is 10.4 Å². The molecule has 0 amide bonds. The number of nitrogens with two attached hydrogens (primary N) is 1. The Bertz CT molecular complexity index is 186. The van der Waals surface area contributed by atoms with E-state index in [0.29, 0.717) is 6.61 Å². The lowest BCUT2D eigenvalue weighted by Crippen LogP contribution is -2.31. The van der Waals surface area contributed by atoms with Gasteiger partial charge in [0.2, 0.25) is 0 Å². The van der Waals surface area contributed by atoms with Crippen molar-refractivity contribution in [3.63, 3.8) is 0 Å². The van der Waals surface area contributed by atoms with Crippen LogP contribution in [0, 0.1) is 0 Å². The van der Waals surface area contributed by atoms with Gasteiger partial charge in [-0.15, -0.1) is 0 Å². The molecule has 0 aliphatic rings. The summed E-state index contributed by atoms with van der Waals surface area (Å²) in [7, 11) is 1.62. The van der Waals surface area contributed by atoms with Crippen LogP contribution >= 0.6 is 0 Å². The lowest BCUT2D eigenvalue weighted by molar-refractivity contribution is 0.164. The number of ether oxygens (including phenoxy) is 1. The maximum atomic E-state index is 5.26. The quantitative estimate of drug-likeness (QED) is 0.408. The molecule has 0 spiro atoms. The zero-order valence-corrected chi connectivity index (χ0v) is 6.37. The summed E-state index contributed by atoms with van der Waals surface area (Å²) in [6.45, 7) is 0.504. The third-order valence-electron chi connectivity index (χ3n) is 1.38. The molecule has 0 saturated carbocycles. The van der Waals surface area contributed by atoms with Crippen LogP contribution in [0.2, 0.25) is 0 Å². The summed E-state index contributed by atoms with van der Waals surface area (Å²) in [5, 5.41) is 0. The fraction of sp³-hybridized carbons (Fsp3) is 0.500. The second kappa shape index (κ2) is 4.07. The van der Waals surface area contributed by atoms with E-state index in [0.717, 1.165) is 5.82 Å². The molecule has 1 atom stereocenters. The molecule has 62 valence electrons. The molecule has 5 nitrogen and oxygen atoms in total. The van der Waals surface area contributed by atoms with Gasteiger partial charge in [0.15, 0.2) is 0 Å². The van der Waals surface area contributed by atoms with E-state index in [1.807, 2.05) is 0 Å². The molecule has 0 bridgehead atoms. The first-order valence-corrected chi connectivity index (χ1v) is 3.33. The predicted molar refractivity (Wildman–Crippen MR) is 40.5 cm³/mol. The van der Waals surface area contributed by atoms with Crippen molar-refractivity contribution < 1.29 is 4.74 Å². The van der Waals surface area contributed by atoms with Crippen molar-refractivity contribution in [1.82, 2.24) is 15.4 Å². The number of methoxy groups -OCH3 is 1. The standard InChI is InChI=1S/C6H12N4O/c1-11-4-5(10-7)6-8-2-3-9-6/h2-3,5,10H,4,7H2,1H3,(H,8,9). The van der Waals surface area contributed by atoms with Gasteiger partial charge in [-0.2, -0.15) is 0 Å². The topological polar surface area (TPSA) is 76.0 Å². The summed E-state index contributed by atoms with van der Waals surface area (Å²) in [6.07, 6.45) is 3.42. The fourth-order valence-electron chi connectivity index (χ4n) is 0.841. The summed E-state index contributed by atoms with van der Waals surface area (Å²) < 4.78 is 4.92. The molecule has 11 heavy (non-hydrogen) atoms. The van der Waals surface area contributed by atoms with E-state index in [9.17, 15) is 0 Å². The summed E-state index contributed by atoms with van der Waals surface area (Å²) >= 11 is 0. The second-order valence-corrected chi connectivity index (χ2v) is 2.15. The Morgan fingerprint density at radius 1 is 1.91 bits per heavy atom. The lowest BCUT2D eigenvalue weighted by atomic mass is 10.3. The van der Waals surface area contributed by atoms with Crippen LogP contribution in [0.15, 0.2) is 12.4 Å². The van der Waals surface area contributed by atoms with Crippen LogP contribution in [-0.2, 0) is 4.74 Å². The van der Waals surface area contributed by atoms with Crippen molar-refractivity contribution in [1.29, 1.82) is 0 Å². The molecule has 0 aromatic carbocycles. The highest BCUT2D eigenvalue weighted by Gasteiger charge is 2.10. The van der Waals surface area contributed by atoms with Gasteiger partial charge in [0, 0.05) is 19.5 Å². The average Bonchev–Trinajstić information content (AvgIpc) is 2.52. The molecule has 0 radical (unpaired) electrons. The summed E-state index contributed by atoms with van der Waals surface area (Å²) in [6, 6.07) is -0.0602. The smallest absolute Gasteiger partial charge is 0.126 e. The molecular formula is C6H12N4O. The second-order valence-electron chi connectivity index (χ2n) is 2.15. The highest BCUT2D eigenvalue weighted by atomic mass is 16.5.